The standard InChI is InChI=1S/C38H23N3O/c1-23-9-6-13-28-26-11-3-5-16-32(26)41(37(23)28)33-17-8-18-35-36(33)30-21-25(19-20-34(30)42-35)40-31-15-4-2-12-27(31)29-14-7-10-24(22-39)38(29)40/h2-21H,1H3. The molecule has 0 aliphatic rings. The van der Waals surface area contributed by atoms with Crippen LogP contribution in [0.1, 0.15) is 11.1 Å². The molecule has 42 heavy (non-hydrogen) atoms. The SMILES string of the molecule is Cc1cccc2c3ccccc3n(-c3cccc4oc5ccc(-n6c7ccccc7c7cccc(C#N)c76)cc5c34)c12. The summed E-state index contributed by atoms with van der Waals surface area (Å²) in [5.41, 5.74) is 10.0. The van der Waals surface area contributed by atoms with Crippen LogP contribution in [-0.2, 0) is 0 Å². The quantitative estimate of drug-likeness (QED) is 0.220. The molecule has 4 nitrogen and oxygen atoms in total. The molecule has 0 saturated carbocycles. The van der Waals surface area contributed by atoms with Gasteiger partial charge >= 0.3 is 0 Å². The Hall–Kier alpha value is -5.79. The van der Waals surface area contributed by atoms with Crippen molar-refractivity contribution < 1.29 is 4.42 Å². The second-order valence-electron chi connectivity index (χ2n) is 10.9. The maximum Gasteiger partial charge on any atom is 0.137 e. The molecule has 9 aromatic rings. The molecule has 196 valence electrons. The molecule has 0 fully saturated rings. The van der Waals surface area contributed by atoms with E-state index in [4.69, 9.17) is 4.42 Å². The van der Waals surface area contributed by atoms with E-state index in [1.807, 2.05) is 18.2 Å². The first-order valence-electron chi connectivity index (χ1n) is 14.1. The van der Waals surface area contributed by atoms with Crippen LogP contribution in [0.15, 0.2) is 126 Å². The third-order valence-corrected chi connectivity index (χ3v) is 8.67. The highest BCUT2D eigenvalue weighted by atomic mass is 16.3. The summed E-state index contributed by atoms with van der Waals surface area (Å²) in [6, 6.07) is 44.6. The predicted molar refractivity (Wildman–Crippen MR) is 172 cm³/mol. The summed E-state index contributed by atoms with van der Waals surface area (Å²) < 4.78 is 11.1. The molecule has 0 radical (unpaired) electrons. The summed E-state index contributed by atoms with van der Waals surface area (Å²) in [5.74, 6) is 0. The Bertz CT molecular complexity index is 2600. The van der Waals surface area contributed by atoms with Crippen LogP contribution in [0.4, 0.5) is 0 Å². The first kappa shape index (κ1) is 23.0. The maximum atomic E-state index is 10.1. The molecule has 6 aromatic carbocycles. The normalized spacial score (nSPS) is 11.9. The molecule has 0 N–H and O–H groups in total. The van der Waals surface area contributed by atoms with E-state index in [1.165, 1.54) is 27.4 Å². The lowest BCUT2D eigenvalue weighted by Crippen LogP contribution is -1.97. The van der Waals surface area contributed by atoms with Gasteiger partial charge in [-0.1, -0.05) is 72.8 Å². The summed E-state index contributed by atoms with van der Waals surface area (Å²) in [5, 5.41) is 16.9. The van der Waals surface area contributed by atoms with E-state index in [1.54, 1.807) is 0 Å². The minimum atomic E-state index is 0.655. The molecule has 9 rings (SSSR count). The molecule has 0 aliphatic heterocycles. The van der Waals surface area contributed by atoms with Crippen molar-refractivity contribution in [2.75, 3.05) is 0 Å². The van der Waals surface area contributed by atoms with Gasteiger partial charge in [-0.15, -0.1) is 0 Å². The van der Waals surface area contributed by atoms with Gasteiger partial charge in [-0.3, -0.25) is 0 Å². The van der Waals surface area contributed by atoms with Crippen molar-refractivity contribution >= 4 is 65.6 Å². The van der Waals surface area contributed by atoms with Crippen LogP contribution in [0, 0.1) is 18.3 Å². The zero-order valence-corrected chi connectivity index (χ0v) is 22.8. The highest BCUT2D eigenvalue weighted by Crippen LogP contribution is 2.41. The van der Waals surface area contributed by atoms with Crippen LogP contribution in [0.5, 0.6) is 0 Å². The Kier molecular flexibility index (Phi) is 4.57. The van der Waals surface area contributed by atoms with Gasteiger partial charge in [0.1, 0.15) is 17.2 Å². The number of para-hydroxylation sites is 4. The van der Waals surface area contributed by atoms with E-state index < -0.39 is 0 Å². The van der Waals surface area contributed by atoms with Crippen molar-refractivity contribution in [3.05, 3.63) is 132 Å². The Morgan fingerprint density at radius 2 is 1.24 bits per heavy atom. The van der Waals surface area contributed by atoms with Crippen molar-refractivity contribution in [2.24, 2.45) is 0 Å². The second-order valence-corrected chi connectivity index (χ2v) is 10.9. The average molecular weight is 538 g/mol. The van der Waals surface area contributed by atoms with E-state index in [0.717, 1.165) is 55.1 Å². The Morgan fingerprint density at radius 3 is 2.02 bits per heavy atom. The smallest absolute Gasteiger partial charge is 0.137 e. The lowest BCUT2D eigenvalue weighted by Gasteiger charge is -2.12. The van der Waals surface area contributed by atoms with Crippen molar-refractivity contribution in [3.63, 3.8) is 0 Å². The highest BCUT2D eigenvalue weighted by Gasteiger charge is 2.20. The van der Waals surface area contributed by atoms with E-state index in [2.05, 4.69) is 125 Å². The van der Waals surface area contributed by atoms with Crippen LogP contribution in [-0.4, -0.2) is 9.13 Å². The molecular weight excluding hydrogens is 514 g/mol. The van der Waals surface area contributed by atoms with Crippen LogP contribution in [0.2, 0.25) is 0 Å². The Balaban J connectivity index is 1.42. The molecule has 0 saturated heterocycles. The van der Waals surface area contributed by atoms with Crippen LogP contribution < -0.4 is 0 Å². The van der Waals surface area contributed by atoms with E-state index in [9.17, 15) is 5.26 Å². The molecular formula is C38H23N3O. The van der Waals surface area contributed by atoms with Gasteiger partial charge in [0, 0.05) is 32.6 Å². The number of furan rings is 1. The molecule has 0 bridgehead atoms. The van der Waals surface area contributed by atoms with Gasteiger partial charge in [-0.2, -0.15) is 5.26 Å². The summed E-state index contributed by atoms with van der Waals surface area (Å²) in [6.45, 7) is 2.18. The van der Waals surface area contributed by atoms with Crippen LogP contribution in [0.3, 0.4) is 0 Å². The fourth-order valence-electron chi connectivity index (χ4n) is 6.94. The molecule has 3 aromatic heterocycles. The summed E-state index contributed by atoms with van der Waals surface area (Å²) in [7, 11) is 0. The number of aryl methyl sites for hydroxylation is 1. The topological polar surface area (TPSA) is 46.8 Å². The number of nitrogens with zero attached hydrogens (tertiary/aromatic N) is 3. The van der Waals surface area contributed by atoms with Crippen LogP contribution >= 0.6 is 0 Å². The predicted octanol–water partition coefficient (Wildman–Crippen LogP) is 9.96. The highest BCUT2D eigenvalue weighted by molar-refractivity contribution is 6.16. The molecule has 3 heterocycles. The summed E-state index contributed by atoms with van der Waals surface area (Å²) in [4.78, 5) is 0. The number of aromatic nitrogens is 2. The molecule has 4 heteroatoms. The zero-order valence-electron chi connectivity index (χ0n) is 22.8. The van der Waals surface area contributed by atoms with Crippen LogP contribution in [0.25, 0.3) is 76.9 Å². The second kappa shape index (κ2) is 8.36. The number of hydrogen-bond acceptors (Lipinski definition) is 2. The molecule has 0 spiro atoms. The fraction of sp³-hybridized carbons (Fsp3) is 0.0263. The lowest BCUT2D eigenvalue weighted by molar-refractivity contribution is 0.669. The summed E-state index contributed by atoms with van der Waals surface area (Å²) in [6.07, 6.45) is 0. The van der Waals surface area contributed by atoms with E-state index >= 15 is 0 Å². The average Bonchev–Trinajstić information content (AvgIpc) is 3.69. The fourth-order valence-corrected chi connectivity index (χ4v) is 6.94. The Morgan fingerprint density at radius 1 is 0.571 bits per heavy atom. The lowest BCUT2D eigenvalue weighted by atomic mass is 10.1. The third kappa shape index (κ3) is 2.94. The summed E-state index contributed by atoms with van der Waals surface area (Å²) >= 11 is 0. The molecule has 0 unspecified atom stereocenters. The van der Waals surface area contributed by atoms with Crippen molar-refractivity contribution in [2.45, 2.75) is 6.92 Å². The van der Waals surface area contributed by atoms with Crippen molar-refractivity contribution in [3.8, 4) is 17.4 Å². The largest absolute Gasteiger partial charge is 0.456 e. The number of fused-ring (bicyclic) bond motifs is 9. The molecule has 0 aliphatic carbocycles. The van der Waals surface area contributed by atoms with Crippen molar-refractivity contribution in [1.82, 2.24) is 9.13 Å². The van der Waals surface area contributed by atoms with Gasteiger partial charge in [0.15, 0.2) is 0 Å². The molecule has 0 amide bonds. The molecule has 0 atom stereocenters. The number of hydrogen-bond donors (Lipinski definition) is 0. The van der Waals surface area contributed by atoms with E-state index in [-0.39, 0.29) is 0 Å². The monoisotopic (exact) mass is 537 g/mol. The van der Waals surface area contributed by atoms with Gasteiger partial charge in [0.2, 0.25) is 0 Å². The zero-order chi connectivity index (χ0) is 27.9. The number of rotatable bonds is 2. The van der Waals surface area contributed by atoms with Gasteiger partial charge in [0.05, 0.1) is 38.7 Å². The number of nitriles is 1. The van der Waals surface area contributed by atoms with Gasteiger partial charge < -0.3 is 13.6 Å². The van der Waals surface area contributed by atoms with Gasteiger partial charge in [-0.25, -0.2) is 0 Å². The maximum absolute atomic E-state index is 10.1. The third-order valence-electron chi connectivity index (χ3n) is 8.67. The number of benzene rings is 6. The van der Waals surface area contributed by atoms with Gasteiger partial charge in [-0.05, 0) is 61.0 Å². The van der Waals surface area contributed by atoms with Gasteiger partial charge in [0.25, 0.3) is 0 Å². The first-order valence-corrected chi connectivity index (χ1v) is 14.1. The van der Waals surface area contributed by atoms with Crippen molar-refractivity contribution in [1.29, 1.82) is 5.26 Å². The first-order chi connectivity index (χ1) is 20.7. The minimum Gasteiger partial charge on any atom is -0.456 e. The van der Waals surface area contributed by atoms with E-state index in [0.29, 0.717) is 5.56 Å². The minimum absolute atomic E-state index is 0.655. The Labute approximate surface area is 240 Å².